The van der Waals surface area contributed by atoms with Crippen LogP contribution in [0.5, 0.6) is 0 Å². The standard InChI is InChI=1S/C13H20FN3O/c1-3-10-11(14)12(17-9-16-10)15-8-13(4-5-13)6-7-18-2/h9H,3-8H2,1-2H3,(H,15,16,17). The van der Waals surface area contributed by atoms with Crippen molar-refractivity contribution in [1.29, 1.82) is 0 Å². The second kappa shape index (κ2) is 5.61. The highest BCUT2D eigenvalue weighted by Crippen LogP contribution is 2.48. The molecule has 1 aromatic heterocycles. The topological polar surface area (TPSA) is 47.0 Å². The maximum Gasteiger partial charge on any atom is 0.186 e. The van der Waals surface area contributed by atoms with Gasteiger partial charge in [0, 0.05) is 20.3 Å². The zero-order valence-corrected chi connectivity index (χ0v) is 11.0. The third-order valence-corrected chi connectivity index (χ3v) is 3.62. The van der Waals surface area contributed by atoms with E-state index in [0.717, 1.165) is 19.6 Å². The Morgan fingerprint density at radius 3 is 2.83 bits per heavy atom. The normalized spacial score (nSPS) is 16.6. The maximum atomic E-state index is 13.9. The van der Waals surface area contributed by atoms with Crippen molar-refractivity contribution in [2.75, 3.05) is 25.6 Å². The molecule has 0 atom stereocenters. The molecular weight excluding hydrogens is 233 g/mol. The number of aromatic nitrogens is 2. The molecule has 0 saturated heterocycles. The molecule has 1 heterocycles. The summed E-state index contributed by atoms with van der Waals surface area (Å²) in [7, 11) is 1.71. The average molecular weight is 253 g/mol. The lowest BCUT2D eigenvalue weighted by Crippen LogP contribution is -2.19. The number of nitrogens with zero attached hydrogens (tertiary/aromatic N) is 2. The van der Waals surface area contributed by atoms with E-state index in [2.05, 4.69) is 15.3 Å². The van der Waals surface area contributed by atoms with Gasteiger partial charge in [0.2, 0.25) is 0 Å². The van der Waals surface area contributed by atoms with Crippen LogP contribution < -0.4 is 5.32 Å². The van der Waals surface area contributed by atoms with Crippen LogP contribution in [0.15, 0.2) is 6.33 Å². The minimum absolute atomic E-state index is 0.278. The van der Waals surface area contributed by atoms with Crippen LogP contribution in [-0.2, 0) is 11.2 Å². The summed E-state index contributed by atoms with van der Waals surface area (Å²) in [4.78, 5) is 7.89. The fourth-order valence-corrected chi connectivity index (χ4v) is 2.06. The van der Waals surface area contributed by atoms with Gasteiger partial charge in [0.15, 0.2) is 11.6 Å². The van der Waals surface area contributed by atoms with Crippen LogP contribution in [0.2, 0.25) is 0 Å². The van der Waals surface area contributed by atoms with E-state index >= 15 is 0 Å². The van der Waals surface area contributed by atoms with Gasteiger partial charge >= 0.3 is 0 Å². The lowest BCUT2D eigenvalue weighted by molar-refractivity contribution is 0.175. The molecule has 0 amide bonds. The molecule has 5 heteroatoms. The Labute approximate surface area is 107 Å². The van der Waals surface area contributed by atoms with Gasteiger partial charge in [-0.25, -0.2) is 14.4 Å². The van der Waals surface area contributed by atoms with Gasteiger partial charge in [0.25, 0.3) is 0 Å². The summed E-state index contributed by atoms with van der Waals surface area (Å²) in [6, 6.07) is 0. The number of halogens is 1. The van der Waals surface area contributed by atoms with Crippen LogP contribution >= 0.6 is 0 Å². The summed E-state index contributed by atoms with van der Waals surface area (Å²) in [6.45, 7) is 3.40. The summed E-state index contributed by atoms with van der Waals surface area (Å²) in [6.07, 6.45) is 5.37. The first kappa shape index (κ1) is 13.2. The number of aryl methyl sites for hydroxylation is 1. The fraction of sp³-hybridized carbons (Fsp3) is 0.692. The number of hydrogen-bond donors (Lipinski definition) is 1. The summed E-state index contributed by atoms with van der Waals surface area (Å²) >= 11 is 0. The van der Waals surface area contributed by atoms with Crippen molar-refractivity contribution in [2.24, 2.45) is 5.41 Å². The Morgan fingerprint density at radius 2 is 2.22 bits per heavy atom. The Hall–Kier alpha value is -1.23. The van der Waals surface area contributed by atoms with Gasteiger partial charge in [-0.1, -0.05) is 6.92 Å². The van der Waals surface area contributed by atoms with Crippen molar-refractivity contribution >= 4 is 5.82 Å². The molecule has 18 heavy (non-hydrogen) atoms. The van der Waals surface area contributed by atoms with Gasteiger partial charge in [-0.05, 0) is 31.1 Å². The molecule has 1 aliphatic carbocycles. The minimum Gasteiger partial charge on any atom is -0.385 e. The van der Waals surface area contributed by atoms with Crippen LogP contribution in [0.25, 0.3) is 0 Å². The number of hydrogen-bond acceptors (Lipinski definition) is 4. The summed E-state index contributed by atoms with van der Waals surface area (Å²) in [5.41, 5.74) is 0.744. The van der Waals surface area contributed by atoms with Crippen molar-refractivity contribution in [3.8, 4) is 0 Å². The van der Waals surface area contributed by atoms with Crippen LogP contribution in [-0.4, -0.2) is 30.2 Å². The monoisotopic (exact) mass is 253 g/mol. The van der Waals surface area contributed by atoms with E-state index in [0.29, 0.717) is 17.9 Å². The lowest BCUT2D eigenvalue weighted by Gasteiger charge is -2.16. The Bertz CT molecular complexity index is 407. The third-order valence-electron chi connectivity index (χ3n) is 3.62. The van der Waals surface area contributed by atoms with E-state index < -0.39 is 0 Å². The largest absolute Gasteiger partial charge is 0.385 e. The third kappa shape index (κ3) is 2.96. The van der Waals surface area contributed by atoms with Crippen molar-refractivity contribution in [2.45, 2.75) is 32.6 Å². The first-order chi connectivity index (χ1) is 8.71. The molecule has 1 aliphatic rings. The van der Waals surface area contributed by atoms with Crippen molar-refractivity contribution < 1.29 is 9.13 Å². The van der Waals surface area contributed by atoms with E-state index in [4.69, 9.17) is 4.74 Å². The molecule has 0 radical (unpaired) electrons. The summed E-state index contributed by atoms with van der Waals surface area (Å²) in [5, 5.41) is 3.12. The first-order valence-electron chi connectivity index (χ1n) is 6.43. The van der Waals surface area contributed by atoms with Gasteiger partial charge in [-0.2, -0.15) is 0 Å². The number of methoxy groups -OCH3 is 1. The van der Waals surface area contributed by atoms with E-state index in [-0.39, 0.29) is 11.2 Å². The van der Waals surface area contributed by atoms with Crippen LogP contribution in [0.4, 0.5) is 10.2 Å². The zero-order valence-electron chi connectivity index (χ0n) is 11.0. The highest BCUT2D eigenvalue weighted by Gasteiger charge is 2.41. The smallest absolute Gasteiger partial charge is 0.186 e. The molecule has 1 N–H and O–H groups in total. The molecule has 0 aromatic carbocycles. The van der Waals surface area contributed by atoms with Crippen molar-refractivity contribution in [3.05, 3.63) is 17.8 Å². The van der Waals surface area contributed by atoms with E-state index in [9.17, 15) is 4.39 Å². The van der Waals surface area contributed by atoms with Crippen LogP contribution in [0, 0.1) is 11.2 Å². The van der Waals surface area contributed by atoms with Gasteiger partial charge < -0.3 is 10.1 Å². The molecule has 1 aromatic rings. The molecular formula is C13H20FN3O. The van der Waals surface area contributed by atoms with Gasteiger partial charge in [-0.3, -0.25) is 0 Å². The molecule has 0 spiro atoms. The predicted octanol–water partition coefficient (Wildman–Crippen LogP) is 2.41. The Kier molecular flexibility index (Phi) is 4.11. The maximum absolute atomic E-state index is 13.9. The molecule has 1 fully saturated rings. The van der Waals surface area contributed by atoms with Crippen LogP contribution in [0.1, 0.15) is 31.9 Å². The molecule has 0 aliphatic heterocycles. The second-order valence-corrected chi connectivity index (χ2v) is 4.93. The van der Waals surface area contributed by atoms with E-state index in [1.54, 1.807) is 7.11 Å². The first-order valence-corrected chi connectivity index (χ1v) is 6.43. The molecule has 4 nitrogen and oxygen atoms in total. The molecule has 100 valence electrons. The summed E-state index contributed by atoms with van der Waals surface area (Å²) < 4.78 is 19.0. The molecule has 0 bridgehead atoms. The highest BCUT2D eigenvalue weighted by molar-refractivity contribution is 5.37. The molecule has 0 unspecified atom stereocenters. The Morgan fingerprint density at radius 1 is 1.44 bits per heavy atom. The average Bonchev–Trinajstić information content (AvgIpc) is 3.16. The van der Waals surface area contributed by atoms with Gasteiger partial charge in [0.1, 0.15) is 6.33 Å². The number of rotatable bonds is 7. The lowest BCUT2D eigenvalue weighted by atomic mass is 10.0. The van der Waals surface area contributed by atoms with Crippen molar-refractivity contribution in [3.63, 3.8) is 0 Å². The van der Waals surface area contributed by atoms with Gasteiger partial charge in [-0.15, -0.1) is 0 Å². The zero-order chi connectivity index (χ0) is 13.0. The van der Waals surface area contributed by atoms with Crippen molar-refractivity contribution in [1.82, 2.24) is 9.97 Å². The van der Waals surface area contributed by atoms with Crippen LogP contribution in [0.3, 0.4) is 0 Å². The van der Waals surface area contributed by atoms with E-state index in [1.165, 1.54) is 19.2 Å². The number of nitrogens with one attached hydrogen (secondary N) is 1. The quantitative estimate of drug-likeness (QED) is 0.810. The number of anilines is 1. The second-order valence-electron chi connectivity index (χ2n) is 4.93. The predicted molar refractivity (Wildman–Crippen MR) is 68.0 cm³/mol. The SMILES string of the molecule is CCc1ncnc(NCC2(CCOC)CC2)c1F. The molecule has 1 saturated carbocycles. The Balaban J connectivity index is 1.94. The molecule has 2 rings (SSSR count). The number of ether oxygens (including phenoxy) is 1. The van der Waals surface area contributed by atoms with E-state index in [1.807, 2.05) is 6.92 Å². The van der Waals surface area contributed by atoms with Gasteiger partial charge in [0.05, 0.1) is 5.69 Å². The summed E-state index contributed by atoms with van der Waals surface area (Å²) in [5.74, 6) is 0.00748. The minimum atomic E-state index is -0.317. The highest BCUT2D eigenvalue weighted by atomic mass is 19.1. The fourth-order valence-electron chi connectivity index (χ4n) is 2.06.